The lowest BCUT2D eigenvalue weighted by atomic mass is 9.58. The van der Waals surface area contributed by atoms with Gasteiger partial charge in [-0.25, -0.2) is 14.8 Å². The first-order chi connectivity index (χ1) is 16.6. The van der Waals surface area contributed by atoms with Crippen molar-refractivity contribution in [3.8, 4) is 11.3 Å². The first kappa shape index (κ1) is 23.6. The monoisotopic (exact) mass is 511 g/mol. The molecule has 35 heavy (non-hydrogen) atoms. The molecule has 3 aromatic rings. The number of thiazole rings is 1. The molecule has 2 aliphatic heterocycles. The molecule has 1 aromatic carbocycles. The molecule has 0 saturated carbocycles. The van der Waals surface area contributed by atoms with Crippen molar-refractivity contribution in [1.82, 2.24) is 14.9 Å². The van der Waals surface area contributed by atoms with Crippen LogP contribution in [0.4, 0.5) is 15.6 Å². The smallest absolute Gasteiger partial charge is 0.407 e. The zero-order valence-electron chi connectivity index (χ0n) is 19.7. The minimum Gasteiger partial charge on any atom is -0.465 e. The molecule has 2 N–H and O–H groups in total. The van der Waals surface area contributed by atoms with Gasteiger partial charge in [-0.2, -0.15) is 0 Å². The van der Waals surface area contributed by atoms with Crippen LogP contribution in [-0.2, 0) is 0 Å². The van der Waals surface area contributed by atoms with Crippen LogP contribution in [-0.4, -0.2) is 57.7 Å². The van der Waals surface area contributed by atoms with Crippen molar-refractivity contribution in [2.75, 3.05) is 29.9 Å². The number of hydrogen-bond acceptors (Lipinski definition) is 6. The van der Waals surface area contributed by atoms with Crippen molar-refractivity contribution < 1.29 is 14.7 Å². The molecular weight excluding hydrogens is 486 g/mol. The number of likely N-dealkylation sites (tertiary alicyclic amines) is 1. The van der Waals surface area contributed by atoms with Crippen molar-refractivity contribution in [3.63, 3.8) is 0 Å². The molecule has 10 heteroatoms. The number of amides is 2. The number of nitrogens with zero attached hydrogens (tertiary/aromatic N) is 4. The molecular formula is C25H26ClN5O3S. The molecule has 2 saturated heterocycles. The summed E-state index contributed by atoms with van der Waals surface area (Å²) >= 11 is 7.57. The molecule has 0 radical (unpaired) electrons. The van der Waals surface area contributed by atoms with Crippen molar-refractivity contribution >= 4 is 45.8 Å². The SMILES string of the molecule is CC(C)(C)C1N(C(=O)O)CC12CN(c1ccc(C(=O)Nc3nc(-c4ccccc4Cl)cs3)nc1)C2. The Bertz CT molecular complexity index is 1280. The summed E-state index contributed by atoms with van der Waals surface area (Å²) in [5.74, 6) is -0.333. The van der Waals surface area contributed by atoms with Gasteiger partial charge < -0.3 is 14.9 Å². The maximum absolute atomic E-state index is 12.7. The second kappa shape index (κ2) is 8.49. The quantitative estimate of drug-likeness (QED) is 0.491. The van der Waals surface area contributed by atoms with E-state index in [2.05, 4.69) is 41.0 Å². The van der Waals surface area contributed by atoms with Crippen molar-refractivity contribution in [1.29, 1.82) is 0 Å². The number of halogens is 1. The molecule has 4 heterocycles. The zero-order valence-corrected chi connectivity index (χ0v) is 21.2. The van der Waals surface area contributed by atoms with E-state index in [1.807, 2.05) is 29.6 Å². The molecule has 5 rings (SSSR count). The number of pyridine rings is 1. The predicted molar refractivity (Wildman–Crippen MR) is 137 cm³/mol. The third-order valence-corrected chi connectivity index (χ3v) is 7.76. The van der Waals surface area contributed by atoms with E-state index in [0.717, 1.165) is 24.3 Å². The molecule has 2 aliphatic rings. The third-order valence-electron chi connectivity index (χ3n) is 6.67. The summed E-state index contributed by atoms with van der Waals surface area (Å²) < 4.78 is 0. The minimum absolute atomic E-state index is 0.0179. The molecule has 1 atom stereocenters. The number of carboxylic acid groups (broad SMARTS) is 1. The van der Waals surface area contributed by atoms with Crippen LogP contribution in [0.2, 0.25) is 5.02 Å². The highest BCUT2D eigenvalue weighted by Crippen LogP contribution is 2.53. The van der Waals surface area contributed by atoms with E-state index in [4.69, 9.17) is 11.6 Å². The highest BCUT2D eigenvalue weighted by Gasteiger charge is 2.64. The normalized spacial score (nSPS) is 18.7. The third kappa shape index (κ3) is 4.23. The lowest BCUT2D eigenvalue weighted by molar-refractivity contribution is -0.121. The van der Waals surface area contributed by atoms with E-state index in [-0.39, 0.29) is 22.8 Å². The van der Waals surface area contributed by atoms with Crippen LogP contribution in [0.3, 0.4) is 0 Å². The van der Waals surface area contributed by atoms with Crippen LogP contribution in [0.25, 0.3) is 11.3 Å². The van der Waals surface area contributed by atoms with Gasteiger partial charge in [0, 0.05) is 41.0 Å². The first-order valence-electron chi connectivity index (χ1n) is 11.3. The minimum atomic E-state index is -0.856. The van der Waals surface area contributed by atoms with Gasteiger partial charge >= 0.3 is 6.09 Å². The Kier molecular flexibility index (Phi) is 5.72. The topological polar surface area (TPSA) is 98.7 Å². The standard InChI is InChI=1S/C25H26ClN5O3S/c1-24(2,3)21-25(14-31(21)23(33)34)12-30(13-25)15-8-9-18(27-10-15)20(32)29-22-28-19(11-35-22)16-6-4-5-7-17(16)26/h4-11,21H,12-14H2,1-3H3,(H,33,34)(H,28,29,32). The van der Waals surface area contributed by atoms with Gasteiger partial charge in [0.1, 0.15) is 5.69 Å². The van der Waals surface area contributed by atoms with Crippen LogP contribution >= 0.6 is 22.9 Å². The van der Waals surface area contributed by atoms with Gasteiger partial charge in [-0.05, 0) is 23.6 Å². The molecule has 1 spiro atoms. The van der Waals surface area contributed by atoms with E-state index < -0.39 is 6.09 Å². The summed E-state index contributed by atoms with van der Waals surface area (Å²) in [4.78, 5) is 36.9. The number of benzene rings is 1. The first-order valence-corrected chi connectivity index (χ1v) is 12.6. The summed E-state index contributed by atoms with van der Waals surface area (Å²) in [7, 11) is 0. The van der Waals surface area contributed by atoms with Gasteiger partial charge in [0.25, 0.3) is 5.91 Å². The van der Waals surface area contributed by atoms with E-state index in [9.17, 15) is 14.7 Å². The van der Waals surface area contributed by atoms with E-state index in [1.165, 1.54) is 11.3 Å². The lowest BCUT2D eigenvalue weighted by Gasteiger charge is -2.68. The van der Waals surface area contributed by atoms with Gasteiger partial charge in [0.2, 0.25) is 0 Å². The summed E-state index contributed by atoms with van der Waals surface area (Å²) in [5, 5.41) is 15.2. The summed E-state index contributed by atoms with van der Waals surface area (Å²) in [6.45, 7) is 8.37. The van der Waals surface area contributed by atoms with Crippen molar-refractivity contribution in [2.24, 2.45) is 10.8 Å². The summed E-state index contributed by atoms with van der Waals surface area (Å²) in [5.41, 5.74) is 2.57. The molecule has 182 valence electrons. The Morgan fingerprint density at radius 2 is 1.91 bits per heavy atom. The fourth-order valence-corrected chi connectivity index (χ4v) is 6.40. The largest absolute Gasteiger partial charge is 0.465 e. The van der Waals surface area contributed by atoms with Crippen LogP contribution in [0.15, 0.2) is 48.0 Å². The van der Waals surface area contributed by atoms with E-state index in [1.54, 1.807) is 23.2 Å². The second-order valence-electron chi connectivity index (χ2n) is 10.3. The van der Waals surface area contributed by atoms with Crippen LogP contribution in [0.5, 0.6) is 0 Å². The van der Waals surface area contributed by atoms with Crippen LogP contribution < -0.4 is 10.2 Å². The highest BCUT2D eigenvalue weighted by molar-refractivity contribution is 7.14. The number of rotatable bonds is 4. The number of aromatic nitrogens is 2. The number of carbonyl (C=O) groups excluding carboxylic acids is 1. The summed E-state index contributed by atoms with van der Waals surface area (Å²) in [6, 6.07) is 11.0. The van der Waals surface area contributed by atoms with Crippen molar-refractivity contribution in [3.05, 3.63) is 58.7 Å². The molecule has 0 aliphatic carbocycles. The molecule has 2 amide bonds. The number of nitrogens with one attached hydrogen (secondary N) is 1. The van der Waals surface area contributed by atoms with Crippen molar-refractivity contribution in [2.45, 2.75) is 26.8 Å². The van der Waals surface area contributed by atoms with Gasteiger partial charge in [0.05, 0.1) is 23.6 Å². The van der Waals surface area contributed by atoms with Crippen LogP contribution in [0.1, 0.15) is 31.3 Å². The lowest BCUT2D eigenvalue weighted by Crippen LogP contribution is -2.81. The number of carbonyl (C=O) groups is 2. The maximum Gasteiger partial charge on any atom is 0.407 e. The van der Waals surface area contributed by atoms with E-state index in [0.29, 0.717) is 28.1 Å². The molecule has 8 nitrogen and oxygen atoms in total. The predicted octanol–water partition coefficient (Wildman–Crippen LogP) is 5.33. The fourth-order valence-electron chi connectivity index (χ4n) is 5.46. The fraction of sp³-hybridized carbons (Fsp3) is 0.360. The number of hydrogen-bond donors (Lipinski definition) is 2. The molecule has 2 aromatic heterocycles. The highest BCUT2D eigenvalue weighted by atomic mass is 35.5. The average Bonchev–Trinajstić information content (AvgIpc) is 3.19. The van der Waals surface area contributed by atoms with Gasteiger partial charge in [-0.3, -0.25) is 10.1 Å². The molecule has 2 fully saturated rings. The maximum atomic E-state index is 12.7. The Balaban J connectivity index is 1.22. The number of anilines is 2. The van der Waals surface area contributed by atoms with Gasteiger partial charge in [-0.15, -0.1) is 11.3 Å². The average molecular weight is 512 g/mol. The summed E-state index contributed by atoms with van der Waals surface area (Å²) in [6.07, 6.45) is 0.837. The van der Waals surface area contributed by atoms with Gasteiger partial charge in [-0.1, -0.05) is 50.6 Å². The molecule has 0 bridgehead atoms. The molecule has 1 unspecified atom stereocenters. The van der Waals surface area contributed by atoms with E-state index >= 15 is 0 Å². The Labute approximate surface area is 212 Å². The Morgan fingerprint density at radius 3 is 2.54 bits per heavy atom. The Hall–Kier alpha value is -3.17. The Morgan fingerprint density at radius 1 is 1.17 bits per heavy atom. The van der Waals surface area contributed by atoms with Gasteiger partial charge in [0.15, 0.2) is 5.13 Å². The zero-order chi connectivity index (χ0) is 25.0. The van der Waals surface area contributed by atoms with Crippen LogP contribution in [0, 0.1) is 10.8 Å². The second-order valence-corrected chi connectivity index (χ2v) is 11.5.